The number of H-pyrrole nitrogens is 4. The van der Waals surface area contributed by atoms with Gasteiger partial charge in [0.15, 0.2) is 45.7 Å². The van der Waals surface area contributed by atoms with Gasteiger partial charge in [-0.1, -0.05) is 154 Å². The minimum Gasteiger partial charge on any atom is -0.376 e. The van der Waals surface area contributed by atoms with Gasteiger partial charge in [-0.3, -0.25) is 34.1 Å². The number of aromatic nitrogens is 14. The van der Waals surface area contributed by atoms with Gasteiger partial charge in [-0.05, 0) is 246 Å². The molecule has 0 bridgehead atoms. The lowest BCUT2D eigenvalue weighted by molar-refractivity contribution is -0.000465. The topological polar surface area (TPSA) is 322 Å². The highest BCUT2D eigenvalue weighted by Gasteiger charge is 2.28. The van der Waals surface area contributed by atoms with E-state index >= 15 is 0 Å². The average molecular weight is 1730 g/mol. The van der Waals surface area contributed by atoms with Crippen LogP contribution in [0, 0.1) is 27.7 Å². The molecule has 640 valence electrons. The van der Waals surface area contributed by atoms with Crippen LogP contribution < -0.4 is 55.0 Å². The molecule has 0 aliphatic carbocycles. The Labute approximate surface area is 731 Å². The first-order chi connectivity index (χ1) is 59.5. The van der Waals surface area contributed by atoms with Crippen LogP contribution in [-0.4, -0.2) is 100.0 Å². The summed E-state index contributed by atoms with van der Waals surface area (Å²) in [4.78, 5) is 133. The molecular weight excluding hydrogens is 1630 g/mol. The zero-order valence-corrected chi connectivity index (χ0v) is 73.9. The van der Waals surface area contributed by atoms with Crippen LogP contribution in [0.15, 0.2) is 196 Å². The summed E-state index contributed by atoms with van der Waals surface area (Å²) < 4.78 is 18.0. The fourth-order valence-corrected chi connectivity index (χ4v) is 15.8. The number of aryl methyl sites for hydroxylation is 8. The van der Waals surface area contributed by atoms with Crippen molar-refractivity contribution in [3.8, 4) is 34.6 Å². The van der Waals surface area contributed by atoms with Gasteiger partial charge >= 0.3 is 17.1 Å². The molecule has 1 aromatic heterocycles. The summed E-state index contributed by atoms with van der Waals surface area (Å²) in [6, 6.07) is 52.1. The zero-order valence-electron chi connectivity index (χ0n) is 71.7. The molecule has 16 rings (SSSR count). The van der Waals surface area contributed by atoms with Crippen molar-refractivity contribution < 1.29 is 9.47 Å². The highest BCUT2D eigenvalue weighted by Crippen LogP contribution is 2.38. The van der Waals surface area contributed by atoms with E-state index in [-0.39, 0.29) is 52.6 Å². The van der Waals surface area contributed by atoms with E-state index in [2.05, 4.69) is 175 Å². The molecule has 8 aromatic carbocycles. The number of halogens is 3. The molecule has 0 saturated heterocycles. The minimum absolute atomic E-state index is 0.0127. The van der Waals surface area contributed by atoms with Crippen molar-refractivity contribution in [3.63, 3.8) is 0 Å². The van der Waals surface area contributed by atoms with E-state index in [1.807, 2.05) is 151 Å². The summed E-state index contributed by atoms with van der Waals surface area (Å²) in [5.74, 6) is 2.15. The summed E-state index contributed by atoms with van der Waals surface area (Å²) in [6.45, 7) is 31.3. The van der Waals surface area contributed by atoms with E-state index in [0.717, 1.165) is 123 Å². The molecule has 0 fully saturated rings. The minimum atomic E-state index is -0.694. The third-order valence-corrected chi connectivity index (χ3v) is 23.0. The Bertz CT molecular complexity index is 6850. The number of ether oxygens (including phenoxy) is 2. The molecule has 3 atom stereocenters. The van der Waals surface area contributed by atoms with Crippen LogP contribution in [0.25, 0.3) is 74.2 Å². The van der Waals surface area contributed by atoms with Gasteiger partial charge < -0.3 is 33.1 Å². The monoisotopic (exact) mass is 1730 g/mol. The van der Waals surface area contributed by atoms with E-state index in [9.17, 15) is 33.6 Å². The van der Waals surface area contributed by atoms with E-state index in [1.165, 1.54) is 27.8 Å². The van der Waals surface area contributed by atoms with Crippen LogP contribution >= 0.6 is 34.8 Å². The van der Waals surface area contributed by atoms with E-state index in [1.54, 1.807) is 0 Å². The van der Waals surface area contributed by atoms with Crippen LogP contribution in [0.5, 0.6) is 0 Å². The van der Waals surface area contributed by atoms with E-state index in [0.29, 0.717) is 94.5 Å². The van der Waals surface area contributed by atoms with Crippen molar-refractivity contribution >= 4 is 91.7 Å². The second kappa shape index (κ2) is 39.9. The third-order valence-electron chi connectivity index (χ3n) is 22.2. The van der Waals surface area contributed by atoms with Crippen molar-refractivity contribution in [3.05, 3.63) is 318 Å². The molecule has 9 aromatic rings. The van der Waals surface area contributed by atoms with Crippen LogP contribution in [-0.2, 0) is 61.2 Å². The predicted octanol–water partition coefficient (Wildman–Crippen LogP) is 16.1. The maximum Gasteiger partial charge on any atom is 0.349 e. The Morgan fingerprint density at radius 3 is 1.46 bits per heavy atom. The van der Waals surface area contributed by atoms with Crippen LogP contribution in [0.1, 0.15) is 154 Å². The molecule has 3 unspecified atom stereocenters. The fraction of sp³-hybridized carbons (Fsp3) is 0.323. The smallest absolute Gasteiger partial charge is 0.349 e. The normalized spacial score (nSPS) is 12.5. The van der Waals surface area contributed by atoms with Crippen molar-refractivity contribution in [2.75, 3.05) is 18.1 Å². The Morgan fingerprint density at radius 1 is 0.452 bits per heavy atom. The number of aromatic amines is 4. The van der Waals surface area contributed by atoms with Crippen molar-refractivity contribution in [1.82, 2.24) is 68.5 Å². The van der Waals surface area contributed by atoms with Gasteiger partial charge in [-0.25, -0.2) is 39.3 Å². The molecule has 0 radical (unpaired) electrons. The highest BCUT2D eigenvalue weighted by atomic mass is 35.5. The molecule has 8 heterocycles. The Balaban J connectivity index is 0.000000142. The van der Waals surface area contributed by atoms with Crippen LogP contribution in [0.3, 0.4) is 0 Å². The number of hydrogen-bond donors (Lipinski definition) is 4. The van der Waals surface area contributed by atoms with Gasteiger partial charge in [0, 0.05) is 47.6 Å². The second-order valence-electron chi connectivity index (χ2n) is 32.0. The van der Waals surface area contributed by atoms with Crippen LogP contribution in [0.2, 0.25) is 15.1 Å². The standard InChI is InChI=1S/C25H27ClN4O3.C24H25ClN4O3.C24H26N4O2.C23H23ClN4O/c1-14(2)17-7-10-21-20(12-17)27-22-23(28-25(32)29-24(22)31)30(21)13-19(33-15(3)4)11-16-5-8-18(26)9-6-16;1-4-16-12-19-20(10-14(16)3)29(22-21(26-19)23(30)28-24(31)27-22)13-18(32-5-2)11-15-6-8-17(25)9-7-15;1-4-16(3)18-11-12-20-19(14-18)25-21-22(26-24(30)27-23(21)29)28(20)13-5-6-17-9-7-15(2)8-10-17;1-14-12-19-20(13-15(14)2)28(22-21(27-19)23(29)26-16(3)25-22)11-5-4-6-17-7-9-18(24)10-8-17/h5-10,12,14-15,19H,11,13H2,1-4H3,(H,29,31,32);6-10,12,18H,4-5,11,13H2,1-3H3,(H,28,30,31);7-12,14,16H,4-6,13H2,1-3H3,(H,27,29,30);7-10,12-13H,3-6,11H2,1-2H3,(H,26,29). The summed E-state index contributed by atoms with van der Waals surface area (Å²) in [6.07, 6.45) is 7.41. The van der Waals surface area contributed by atoms with E-state index < -0.39 is 33.7 Å². The largest absolute Gasteiger partial charge is 0.376 e. The van der Waals surface area contributed by atoms with E-state index in [4.69, 9.17) is 44.3 Å². The average Bonchev–Trinajstić information content (AvgIpc) is 0.767. The molecule has 0 spiro atoms. The van der Waals surface area contributed by atoms with Gasteiger partial charge in [-0.15, -0.1) is 0 Å². The third kappa shape index (κ3) is 21.5. The SMILES string of the molecule is C=c1nc2c(c(=O)[nH]1)=Nc1cc(C)c(C)cc1N2CCCCc1ccc(Cl)cc1.CC(C)OC(Cc1ccc(Cl)cc1)Cn1c2nc(=O)[nH]c(=O)c-2nc2cc(C(C)C)ccc21.CCC(C)c1ccc2c(c1)nc1c(=O)[nH]c(=O)nc-1n2CCCc1ccc(C)cc1.CCOC(Cc1ccc(Cl)cc1)Cn1c2nc(=O)[nH]c(=O)c-2nc2cc(CC)c(C)cc21. The number of hydrogen-bond acceptors (Lipinski definition) is 18. The first-order valence-corrected chi connectivity index (χ1v) is 43.1. The van der Waals surface area contributed by atoms with Gasteiger partial charge in [0.2, 0.25) is 0 Å². The lowest BCUT2D eigenvalue weighted by Gasteiger charge is -2.28. The molecule has 124 heavy (non-hydrogen) atoms. The summed E-state index contributed by atoms with van der Waals surface area (Å²) >= 11 is 18.0. The number of nitrogens with one attached hydrogen (secondary N) is 4. The van der Waals surface area contributed by atoms with Crippen molar-refractivity contribution in [2.45, 2.75) is 191 Å². The first kappa shape index (κ1) is 89.5. The number of unbranched alkanes of at least 4 members (excludes halogenated alkanes) is 1. The predicted molar refractivity (Wildman–Crippen MR) is 493 cm³/mol. The summed E-state index contributed by atoms with van der Waals surface area (Å²) in [7, 11) is 0. The Morgan fingerprint density at radius 2 is 0.927 bits per heavy atom. The molecule has 4 N–H and O–H groups in total. The number of fused-ring (bicyclic) bond motifs is 8. The van der Waals surface area contributed by atoms with Crippen molar-refractivity contribution in [2.24, 2.45) is 4.99 Å². The number of benzene rings is 8. The molecule has 25 nitrogen and oxygen atoms in total. The first-order valence-electron chi connectivity index (χ1n) is 41.9. The lowest BCUT2D eigenvalue weighted by atomic mass is 9.98. The zero-order chi connectivity index (χ0) is 88.3. The van der Waals surface area contributed by atoms with Crippen LogP contribution in [0.4, 0.5) is 17.2 Å². The molecule has 0 amide bonds. The maximum atomic E-state index is 12.6. The summed E-state index contributed by atoms with van der Waals surface area (Å²) in [5.41, 5.74) is 16.2. The number of rotatable bonds is 25. The summed E-state index contributed by atoms with van der Waals surface area (Å²) in [5, 5.41) is 2.46. The molecule has 0 saturated carbocycles. The fourth-order valence-electron chi connectivity index (χ4n) is 15.4. The Kier molecular flexibility index (Phi) is 28.8. The quantitative estimate of drug-likeness (QED) is 0.0305. The van der Waals surface area contributed by atoms with Gasteiger partial charge in [0.05, 0.1) is 75.9 Å². The maximum absolute atomic E-state index is 12.6. The molecule has 28 heteroatoms. The second-order valence-corrected chi connectivity index (χ2v) is 33.3. The van der Waals surface area contributed by atoms with Gasteiger partial charge in [0.1, 0.15) is 5.48 Å². The Hall–Kier alpha value is -12.3. The van der Waals surface area contributed by atoms with Crippen molar-refractivity contribution in [1.29, 1.82) is 0 Å². The molecular formula is C96H101Cl3N16O9. The van der Waals surface area contributed by atoms with Gasteiger partial charge in [0.25, 0.3) is 22.2 Å². The number of nitrogens with zero attached hydrogens (tertiary/aromatic N) is 12. The lowest BCUT2D eigenvalue weighted by Crippen LogP contribution is -2.42. The number of anilines is 2. The van der Waals surface area contributed by atoms with Gasteiger partial charge in [-0.2, -0.15) is 15.0 Å². The molecule has 7 aliphatic rings. The molecule has 7 aliphatic heterocycles. The highest BCUT2D eigenvalue weighted by molar-refractivity contribution is 6.31.